The second-order valence-corrected chi connectivity index (χ2v) is 5.66. The van der Waals surface area contributed by atoms with Crippen LogP contribution in [0.1, 0.15) is 5.56 Å². The average Bonchev–Trinajstić information content (AvgIpc) is 3.07. The highest BCUT2D eigenvalue weighted by atomic mass is 16.7. The number of nitrogens with zero attached hydrogens (tertiary/aromatic N) is 1. The van der Waals surface area contributed by atoms with Crippen molar-refractivity contribution in [2.24, 2.45) is 0 Å². The number of hydrogen-bond acceptors (Lipinski definition) is 5. The maximum Gasteiger partial charge on any atom is 0.264 e. The zero-order valence-corrected chi connectivity index (χ0v) is 13.5. The van der Waals surface area contributed by atoms with Gasteiger partial charge in [0.1, 0.15) is 6.73 Å². The highest BCUT2D eigenvalue weighted by Gasteiger charge is 2.22. The van der Waals surface area contributed by atoms with Crippen LogP contribution in [0.4, 0.5) is 0 Å². The molecule has 0 spiro atoms. The molecule has 4 rings (SSSR count). The Bertz CT molecular complexity index is 992. The molecule has 2 aromatic carbocycles. The Kier molecular flexibility index (Phi) is 3.63. The van der Waals surface area contributed by atoms with E-state index in [1.807, 2.05) is 30.3 Å². The molecule has 0 bridgehead atoms. The quantitative estimate of drug-likeness (QED) is 0.690. The van der Waals surface area contributed by atoms with Gasteiger partial charge < -0.3 is 18.9 Å². The molecule has 0 N–H and O–H groups in total. The van der Waals surface area contributed by atoms with Gasteiger partial charge in [0.25, 0.3) is 5.56 Å². The number of hydrogen-bond donors (Lipinski definition) is 0. The minimum absolute atomic E-state index is 0.125. The summed E-state index contributed by atoms with van der Waals surface area (Å²) in [6, 6.07) is 9.66. The molecule has 24 heavy (non-hydrogen) atoms. The van der Waals surface area contributed by atoms with Crippen LogP contribution in [0.2, 0.25) is 0 Å². The maximum absolute atomic E-state index is 13.0. The van der Waals surface area contributed by atoms with Crippen molar-refractivity contribution >= 4 is 21.7 Å². The molecule has 0 saturated carbocycles. The monoisotopic (exact) mass is 327 g/mol. The zero-order chi connectivity index (χ0) is 16.7. The van der Waals surface area contributed by atoms with Crippen molar-refractivity contribution in [2.45, 2.75) is 13.3 Å². The number of ether oxygens (including phenoxy) is 4. The molecule has 0 aliphatic carbocycles. The predicted octanol–water partition coefficient (Wildman–Crippen LogP) is 2.63. The van der Waals surface area contributed by atoms with Gasteiger partial charge in [-0.15, -0.1) is 0 Å². The SMILES string of the molecule is COCc1ccc2c(c1)c1ccc3c(c1c(=O)n2COC)OCO3. The Morgan fingerprint density at radius 1 is 1.08 bits per heavy atom. The van der Waals surface area contributed by atoms with E-state index in [1.165, 1.54) is 0 Å². The highest BCUT2D eigenvalue weighted by molar-refractivity contribution is 6.08. The minimum atomic E-state index is -0.152. The first-order valence-corrected chi connectivity index (χ1v) is 7.60. The van der Waals surface area contributed by atoms with Crippen LogP contribution in [0.3, 0.4) is 0 Å². The van der Waals surface area contributed by atoms with Crippen LogP contribution in [0.25, 0.3) is 21.7 Å². The summed E-state index contributed by atoms with van der Waals surface area (Å²) >= 11 is 0. The van der Waals surface area contributed by atoms with Crippen LogP contribution in [-0.2, 0) is 22.8 Å². The lowest BCUT2D eigenvalue weighted by Gasteiger charge is -2.14. The van der Waals surface area contributed by atoms with Gasteiger partial charge in [0.05, 0.1) is 17.5 Å². The van der Waals surface area contributed by atoms with Crippen molar-refractivity contribution in [1.29, 1.82) is 0 Å². The summed E-state index contributed by atoms with van der Waals surface area (Å²) in [6.45, 7) is 0.796. The topological polar surface area (TPSA) is 58.9 Å². The molecule has 3 aromatic rings. The fraction of sp³-hybridized carbons (Fsp3) is 0.278. The van der Waals surface area contributed by atoms with Gasteiger partial charge in [-0.25, -0.2) is 0 Å². The fourth-order valence-corrected chi connectivity index (χ4v) is 3.20. The number of rotatable bonds is 4. The molecular weight excluding hydrogens is 310 g/mol. The third-order valence-electron chi connectivity index (χ3n) is 4.21. The van der Waals surface area contributed by atoms with Crippen molar-refractivity contribution in [1.82, 2.24) is 4.57 Å². The Morgan fingerprint density at radius 2 is 1.96 bits per heavy atom. The summed E-state index contributed by atoms with van der Waals surface area (Å²) in [7, 11) is 3.23. The van der Waals surface area contributed by atoms with Gasteiger partial charge >= 0.3 is 0 Å². The summed E-state index contributed by atoms with van der Waals surface area (Å²) in [5.74, 6) is 1.09. The Labute approximate surface area is 138 Å². The Morgan fingerprint density at radius 3 is 2.75 bits per heavy atom. The largest absolute Gasteiger partial charge is 0.454 e. The van der Waals surface area contributed by atoms with Gasteiger partial charge in [-0.05, 0) is 29.8 Å². The molecule has 0 unspecified atom stereocenters. The first-order chi connectivity index (χ1) is 11.7. The molecule has 0 radical (unpaired) electrons. The van der Waals surface area contributed by atoms with Crippen LogP contribution in [-0.4, -0.2) is 25.6 Å². The summed E-state index contributed by atoms with van der Waals surface area (Å²) < 4.78 is 23.0. The molecule has 0 fully saturated rings. The predicted molar refractivity (Wildman–Crippen MR) is 89.6 cm³/mol. The van der Waals surface area contributed by atoms with Crippen LogP contribution in [0.5, 0.6) is 11.5 Å². The standard InChI is InChI=1S/C18H17NO5/c1-21-8-11-3-5-14-13(7-11)12-4-6-15-17(24-10-23-15)16(12)18(20)19(14)9-22-2/h3-7H,8-10H2,1-2H3. The second-order valence-electron chi connectivity index (χ2n) is 5.66. The zero-order valence-electron chi connectivity index (χ0n) is 13.5. The molecule has 0 saturated heterocycles. The molecule has 1 aliphatic rings. The molecule has 6 heteroatoms. The summed E-state index contributed by atoms with van der Waals surface area (Å²) in [5.41, 5.74) is 1.70. The van der Waals surface area contributed by atoms with E-state index in [2.05, 4.69) is 0 Å². The summed E-state index contributed by atoms with van der Waals surface area (Å²) in [5, 5.41) is 2.31. The third-order valence-corrected chi connectivity index (χ3v) is 4.21. The average molecular weight is 327 g/mol. The molecular formula is C18H17NO5. The Balaban J connectivity index is 2.15. The summed E-state index contributed by atoms with van der Waals surface area (Å²) in [6.07, 6.45) is 0. The number of benzene rings is 2. The van der Waals surface area contributed by atoms with Crippen molar-refractivity contribution in [3.63, 3.8) is 0 Å². The second kappa shape index (κ2) is 5.81. The van der Waals surface area contributed by atoms with E-state index in [-0.39, 0.29) is 19.1 Å². The van der Waals surface area contributed by atoms with Crippen LogP contribution >= 0.6 is 0 Å². The minimum Gasteiger partial charge on any atom is -0.454 e. The van der Waals surface area contributed by atoms with Crippen molar-refractivity contribution in [3.8, 4) is 11.5 Å². The third kappa shape index (κ3) is 2.15. The van der Waals surface area contributed by atoms with E-state index in [4.69, 9.17) is 18.9 Å². The first-order valence-electron chi connectivity index (χ1n) is 7.60. The van der Waals surface area contributed by atoms with Crippen LogP contribution in [0, 0.1) is 0 Å². The number of methoxy groups -OCH3 is 2. The van der Waals surface area contributed by atoms with E-state index >= 15 is 0 Å². The van der Waals surface area contributed by atoms with Crippen LogP contribution in [0.15, 0.2) is 35.1 Å². The maximum atomic E-state index is 13.0. The van der Waals surface area contributed by atoms with Gasteiger partial charge in [0.2, 0.25) is 6.79 Å². The van der Waals surface area contributed by atoms with Gasteiger partial charge in [-0.1, -0.05) is 6.07 Å². The lowest BCUT2D eigenvalue weighted by molar-refractivity contribution is 0.132. The fourth-order valence-electron chi connectivity index (χ4n) is 3.20. The lowest BCUT2D eigenvalue weighted by Crippen LogP contribution is -2.22. The van der Waals surface area contributed by atoms with Crippen molar-refractivity contribution in [2.75, 3.05) is 21.0 Å². The highest BCUT2D eigenvalue weighted by Crippen LogP contribution is 2.39. The van der Waals surface area contributed by atoms with Crippen molar-refractivity contribution in [3.05, 3.63) is 46.2 Å². The van der Waals surface area contributed by atoms with Crippen LogP contribution < -0.4 is 15.0 Å². The van der Waals surface area contributed by atoms with E-state index < -0.39 is 0 Å². The number of pyridine rings is 1. The number of fused-ring (bicyclic) bond motifs is 5. The molecule has 1 aromatic heterocycles. The molecule has 1 aliphatic heterocycles. The smallest absolute Gasteiger partial charge is 0.264 e. The molecule has 124 valence electrons. The van der Waals surface area contributed by atoms with Gasteiger partial charge in [0, 0.05) is 25.0 Å². The molecule has 0 amide bonds. The first kappa shape index (κ1) is 15.0. The van der Waals surface area contributed by atoms with Gasteiger partial charge in [0.15, 0.2) is 11.5 Å². The van der Waals surface area contributed by atoms with Crippen molar-refractivity contribution < 1.29 is 18.9 Å². The van der Waals surface area contributed by atoms with E-state index in [0.717, 1.165) is 21.9 Å². The van der Waals surface area contributed by atoms with E-state index in [1.54, 1.807) is 18.8 Å². The normalized spacial score (nSPS) is 13.1. The Hall–Kier alpha value is -2.57. The summed E-state index contributed by atoms with van der Waals surface area (Å²) in [4.78, 5) is 13.0. The number of aromatic nitrogens is 1. The molecule has 6 nitrogen and oxygen atoms in total. The van der Waals surface area contributed by atoms with E-state index in [9.17, 15) is 4.79 Å². The molecule has 0 atom stereocenters. The molecule has 2 heterocycles. The van der Waals surface area contributed by atoms with Gasteiger partial charge in [-0.3, -0.25) is 9.36 Å². The lowest BCUT2D eigenvalue weighted by atomic mass is 10.0. The van der Waals surface area contributed by atoms with E-state index in [0.29, 0.717) is 23.5 Å². The van der Waals surface area contributed by atoms with Gasteiger partial charge in [-0.2, -0.15) is 0 Å².